The first-order valence-corrected chi connectivity index (χ1v) is 10.5. The molecule has 2 aromatic rings. The zero-order chi connectivity index (χ0) is 20.8. The lowest BCUT2D eigenvalue weighted by Gasteiger charge is -2.48. The summed E-state index contributed by atoms with van der Waals surface area (Å²) in [5.74, 6) is -0.144. The molecule has 2 aliphatic heterocycles. The van der Waals surface area contributed by atoms with Gasteiger partial charge in [-0.3, -0.25) is 19.3 Å². The van der Waals surface area contributed by atoms with Crippen LogP contribution in [0.15, 0.2) is 24.3 Å². The summed E-state index contributed by atoms with van der Waals surface area (Å²) in [4.78, 5) is 41.5. The van der Waals surface area contributed by atoms with E-state index in [4.69, 9.17) is 0 Å². The summed E-state index contributed by atoms with van der Waals surface area (Å²) in [6, 6.07) is 7.15. The Morgan fingerprint density at radius 2 is 2.03 bits per heavy atom. The van der Waals surface area contributed by atoms with Crippen molar-refractivity contribution in [3.63, 3.8) is 0 Å². The number of aromatic nitrogens is 2. The third-order valence-corrected chi connectivity index (χ3v) is 6.63. The van der Waals surface area contributed by atoms with E-state index in [1.54, 1.807) is 28.0 Å². The monoisotopic (exact) mass is 413 g/mol. The lowest BCUT2D eigenvalue weighted by Crippen LogP contribution is -2.62. The largest absolute Gasteiger partial charge is 0.315 e. The third kappa shape index (κ3) is 3.29. The topological polar surface area (TPSA) is 95.5 Å². The van der Waals surface area contributed by atoms with Gasteiger partial charge in [0.2, 0.25) is 16.9 Å². The molecular formula is C20H23N5O3S. The number of anilines is 2. The molecule has 3 heterocycles. The summed E-state index contributed by atoms with van der Waals surface area (Å²) in [5.41, 5.74) is 0.390. The Labute approximate surface area is 172 Å². The quantitative estimate of drug-likeness (QED) is 0.813. The maximum atomic E-state index is 13.2. The molecular weight excluding hydrogens is 390 g/mol. The lowest BCUT2D eigenvalue weighted by atomic mass is 9.98. The van der Waals surface area contributed by atoms with E-state index in [1.165, 1.54) is 11.3 Å². The lowest BCUT2D eigenvalue weighted by molar-refractivity contribution is -0.117. The van der Waals surface area contributed by atoms with E-state index in [1.807, 2.05) is 26.8 Å². The van der Waals surface area contributed by atoms with Crippen molar-refractivity contribution in [2.75, 3.05) is 16.8 Å². The number of carbonyl (C=O) groups excluding carboxylic acids is 3. The summed E-state index contributed by atoms with van der Waals surface area (Å²) in [6.07, 6.45) is 1.04. The fourth-order valence-corrected chi connectivity index (χ4v) is 4.72. The minimum atomic E-state index is -0.754. The van der Waals surface area contributed by atoms with Gasteiger partial charge in [0.25, 0.3) is 5.91 Å². The Morgan fingerprint density at radius 1 is 1.28 bits per heavy atom. The number of hydrogen-bond donors (Lipinski definition) is 1. The van der Waals surface area contributed by atoms with Crippen LogP contribution >= 0.6 is 11.3 Å². The zero-order valence-corrected chi connectivity index (χ0v) is 17.5. The number of rotatable bonds is 5. The Balaban J connectivity index is 1.51. The fourth-order valence-electron chi connectivity index (χ4n) is 3.96. The van der Waals surface area contributed by atoms with Crippen LogP contribution in [0.4, 0.5) is 10.8 Å². The van der Waals surface area contributed by atoms with Gasteiger partial charge in [-0.05, 0) is 25.5 Å². The SMILES string of the molecule is CC(C)c1nnc(NC(=O)CCN2C(=O)c3ccccc3N3C(=O)CC[C@]23C)s1. The van der Waals surface area contributed by atoms with Gasteiger partial charge in [0.1, 0.15) is 10.7 Å². The van der Waals surface area contributed by atoms with Crippen LogP contribution in [0, 0.1) is 0 Å². The van der Waals surface area contributed by atoms with Gasteiger partial charge in [-0.1, -0.05) is 37.3 Å². The highest BCUT2D eigenvalue weighted by atomic mass is 32.1. The van der Waals surface area contributed by atoms with E-state index in [-0.39, 0.29) is 36.6 Å². The number of para-hydroxylation sites is 1. The van der Waals surface area contributed by atoms with Crippen molar-refractivity contribution in [2.24, 2.45) is 0 Å². The number of nitrogens with one attached hydrogen (secondary N) is 1. The van der Waals surface area contributed by atoms with Gasteiger partial charge in [-0.25, -0.2) is 0 Å². The van der Waals surface area contributed by atoms with Gasteiger partial charge in [0.15, 0.2) is 0 Å². The van der Waals surface area contributed by atoms with E-state index in [9.17, 15) is 14.4 Å². The molecule has 2 aliphatic rings. The second kappa shape index (κ2) is 7.22. The molecule has 1 N–H and O–H groups in total. The number of carbonyl (C=O) groups is 3. The van der Waals surface area contributed by atoms with Gasteiger partial charge < -0.3 is 10.2 Å². The minimum absolute atomic E-state index is 0.00280. The standard InChI is InChI=1S/C20H23N5O3S/c1-12(2)17-22-23-19(29-17)21-15(26)9-11-24-18(28)13-6-4-5-7-14(13)25-16(27)8-10-20(24,25)3/h4-7,12H,8-11H2,1-3H3,(H,21,23,26)/t20-/m1/s1. The van der Waals surface area contributed by atoms with Crippen molar-refractivity contribution in [3.8, 4) is 0 Å². The molecule has 0 radical (unpaired) electrons. The first kappa shape index (κ1) is 19.5. The van der Waals surface area contributed by atoms with E-state index >= 15 is 0 Å². The Morgan fingerprint density at radius 3 is 2.76 bits per heavy atom. The summed E-state index contributed by atoms with van der Waals surface area (Å²) in [5, 5.41) is 12.1. The van der Waals surface area contributed by atoms with Gasteiger partial charge in [-0.2, -0.15) is 0 Å². The van der Waals surface area contributed by atoms with Crippen LogP contribution in [0.25, 0.3) is 0 Å². The van der Waals surface area contributed by atoms with Crippen LogP contribution in [0.3, 0.4) is 0 Å². The van der Waals surface area contributed by atoms with Crippen molar-refractivity contribution >= 4 is 39.9 Å². The molecule has 1 aromatic heterocycles. The molecule has 0 aliphatic carbocycles. The molecule has 0 saturated carbocycles. The summed E-state index contributed by atoms with van der Waals surface area (Å²) >= 11 is 1.35. The van der Waals surface area contributed by atoms with Gasteiger partial charge in [0.05, 0.1) is 11.3 Å². The second-order valence-electron chi connectivity index (χ2n) is 7.82. The summed E-state index contributed by atoms with van der Waals surface area (Å²) in [6.45, 7) is 6.14. The van der Waals surface area contributed by atoms with Crippen LogP contribution in [0.1, 0.15) is 61.3 Å². The van der Waals surface area contributed by atoms with E-state index in [2.05, 4.69) is 15.5 Å². The predicted molar refractivity (Wildman–Crippen MR) is 110 cm³/mol. The fraction of sp³-hybridized carbons (Fsp3) is 0.450. The highest BCUT2D eigenvalue weighted by molar-refractivity contribution is 7.15. The maximum Gasteiger partial charge on any atom is 0.257 e. The smallest absolute Gasteiger partial charge is 0.257 e. The molecule has 152 valence electrons. The average molecular weight is 414 g/mol. The maximum absolute atomic E-state index is 13.2. The van der Waals surface area contributed by atoms with E-state index in [0.29, 0.717) is 29.2 Å². The van der Waals surface area contributed by atoms with Crippen LogP contribution in [0.5, 0.6) is 0 Å². The van der Waals surface area contributed by atoms with Crippen molar-refractivity contribution in [2.45, 2.75) is 51.6 Å². The van der Waals surface area contributed by atoms with E-state index in [0.717, 1.165) is 5.01 Å². The van der Waals surface area contributed by atoms with Crippen LogP contribution < -0.4 is 10.2 Å². The number of nitrogens with zero attached hydrogens (tertiary/aromatic N) is 4. The number of hydrogen-bond acceptors (Lipinski definition) is 6. The van der Waals surface area contributed by atoms with Gasteiger partial charge >= 0.3 is 0 Å². The van der Waals surface area contributed by atoms with Crippen molar-refractivity contribution in [1.82, 2.24) is 15.1 Å². The molecule has 3 amide bonds. The van der Waals surface area contributed by atoms with Crippen LogP contribution in [-0.2, 0) is 9.59 Å². The molecule has 1 saturated heterocycles. The van der Waals surface area contributed by atoms with E-state index < -0.39 is 5.66 Å². The highest BCUT2D eigenvalue weighted by Gasteiger charge is 2.52. The molecule has 9 heteroatoms. The van der Waals surface area contributed by atoms with Gasteiger partial charge in [-0.15, -0.1) is 10.2 Å². The number of amides is 3. The number of benzene rings is 1. The molecule has 0 unspecified atom stereocenters. The normalized spacial score (nSPS) is 20.8. The van der Waals surface area contributed by atoms with Crippen LogP contribution in [0.2, 0.25) is 0 Å². The summed E-state index contributed by atoms with van der Waals surface area (Å²) in [7, 11) is 0. The highest BCUT2D eigenvalue weighted by Crippen LogP contribution is 2.43. The molecule has 1 atom stereocenters. The first-order chi connectivity index (χ1) is 13.8. The first-order valence-electron chi connectivity index (χ1n) is 9.68. The van der Waals surface area contributed by atoms with Crippen LogP contribution in [-0.4, -0.2) is 45.0 Å². The Kier molecular flexibility index (Phi) is 4.85. The molecule has 29 heavy (non-hydrogen) atoms. The molecule has 1 fully saturated rings. The summed E-state index contributed by atoms with van der Waals surface area (Å²) < 4.78 is 0. The van der Waals surface area contributed by atoms with Crippen molar-refractivity contribution in [3.05, 3.63) is 34.8 Å². The zero-order valence-electron chi connectivity index (χ0n) is 16.6. The molecule has 4 rings (SSSR count). The molecule has 0 bridgehead atoms. The Hall–Kier alpha value is -2.81. The Bertz CT molecular complexity index is 988. The molecule has 8 nitrogen and oxygen atoms in total. The molecule has 1 aromatic carbocycles. The minimum Gasteiger partial charge on any atom is -0.315 e. The van der Waals surface area contributed by atoms with Crippen molar-refractivity contribution < 1.29 is 14.4 Å². The second-order valence-corrected chi connectivity index (χ2v) is 8.83. The third-order valence-electron chi connectivity index (χ3n) is 5.49. The van der Waals surface area contributed by atoms with Crippen molar-refractivity contribution in [1.29, 1.82) is 0 Å². The average Bonchev–Trinajstić information content (AvgIpc) is 3.26. The van der Waals surface area contributed by atoms with Gasteiger partial charge in [0, 0.05) is 25.3 Å². The number of fused-ring (bicyclic) bond motifs is 3. The predicted octanol–water partition coefficient (Wildman–Crippen LogP) is 2.99. The molecule has 0 spiro atoms.